The summed E-state index contributed by atoms with van der Waals surface area (Å²) in [6, 6.07) is 2.19. The molecule has 1 fully saturated rings. The summed E-state index contributed by atoms with van der Waals surface area (Å²) in [5, 5.41) is 7.92. The van der Waals surface area contributed by atoms with E-state index in [9.17, 15) is 0 Å². The fourth-order valence-electron chi connectivity index (χ4n) is 1.99. The van der Waals surface area contributed by atoms with Crippen LogP contribution in [0.5, 0.6) is 0 Å². The van der Waals surface area contributed by atoms with E-state index in [2.05, 4.69) is 29.1 Å². The molecule has 0 bridgehead atoms. The molecular weight excluding hydrogens is 218 g/mol. The van der Waals surface area contributed by atoms with Gasteiger partial charge in [-0.15, -0.1) is 0 Å². The van der Waals surface area contributed by atoms with Crippen molar-refractivity contribution in [3.8, 4) is 0 Å². The minimum atomic E-state index is 0.561. The highest BCUT2D eigenvalue weighted by molar-refractivity contribution is 7.07. The first kappa shape index (κ1) is 12.1. The lowest BCUT2D eigenvalue weighted by Crippen LogP contribution is -2.24. The third kappa shape index (κ3) is 3.58. The van der Waals surface area contributed by atoms with Crippen molar-refractivity contribution in [1.29, 1.82) is 0 Å². The van der Waals surface area contributed by atoms with Gasteiger partial charge in [-0.05, 0) is 54.0 Å². The molecule has 0 atom stereocenters. The number of rotatable bonds is 8. The molecular formula is C13H21NOS. The van der Waals surface area contributed by atoms with Crippen molar-refractivity contribution >= 4 is 11.3 Å². The highest BCUT2D eigenvalue weighted by Crippen LogP contribution is 2.48. The molecule has 0 aromatic carbocycles. The standard InChI is InChI=1S/C13H21NOS/c1-2-15-7-6-13(4-5-13)11-14-9-12-3-8-16-10-12/h3,8,10,14H,2,4-7,9,11H2,1H3. The van der Waals surface area contributed by atoms with E-state index in [0.717, 1.165) is 26.3 Å². The summed E-state index contributed by atoms with van der Waals surface area (Å²) in [6.45, 7) is 6.00. The molecule has 0 saturated heterocycles. The van der Waals surface area contributed by atoms with Crippen molar-refractivity contribution in [2.24, 2.45) is 5.41 Å². The molecule has 0 aliphatic heterocycles. The van der Waals surface area contributed by atoms with Crippen molar-refractivity contribution in [1.82, 2.24) is 5.32 Å². The second-order valence-corrected chi connectivity index (χ2v) is 5.46. The van der Waals surface area contributed by atoms with Crippen LogP contribution >= 0.6 is 11.3 Å². The SMILES string of the molecule is CCOCCC1(CNCc2ccsc2)CC1. The maximum atomic E-state index is 5.44. The van der Waals surface area contributed by atoms with Crippen molar-refractivity contribution in [3.63, 3.8) is 0 Å². The van der Waals surface area contributed by atoms with E-state index in [-0.39, 0.29) is 0 Å². The molecule has 0 spiro atoms. The lowest BCUT2D eigenvalue weighted by atomic mass is 10.0. The van der Waals surface area contributed by atoms with Crippen LogP contribution in [0, 0.1) is 5.41 Å². The number of thiophene rings is 1. The number of nitrogens with one attached hydrogen (secondary N) is 1. The Morgan fingerprint density at radius 2 is 2.38 bits per heavy atom. The van der Waals surface area contributed by atoms with Gasteiger partial charge in [0.05, 0.1) is 0 Å². The maximum absolute atomic E-state index is 5.44. The van der Waals surface area contributed by atoms with Crippen LogP contribution in [0.1, 0.15) is 31.7 Å². The van der Waals surface area contributed by atoms with E-state index < -0.39 is 0 Å². The van der Waals surface area contributed by atoms with E-state index in [1.165, 1.54) is 24.8 Å². The van der Waals surface area contributed by atoms with E-state index in [1.807, 2.05) is 0 Å². The van der Waals surface area contributed by atoms with E-state index in [0.29, 0.717) is 5.41 Å². The topological polar surface area (TPSA) is 21.3 Å². The predicted molar refractivity (Wildman–Crippen MR) is 68.8 cm³/mol. The van der Waals surface area contributed by atoms with Crippen LogP contribution in [0.3, 0.4) is 0 Å². The summed E-state index contributed by atoms with van der Waals surface area (Å²) in [4.78, 5) is 0. The zero-order valence-electron chi connectivity index (χ0n) is 10.00. The molecule has 0 unspecified atom stereocenters. The van der Waals surface area contributed by atoms with Crippen LogP contribution in [0.15, 0.2) is 16.8 Å². The van der Waals surface area contributed by atoms with Crippen LogP contribution < -0.4 is 5.32 Å². The van der Waals surface area contributed by atoms with Crippen LogP contribution in [-0.2, 0) is 11.3 Å². The molecule has 1 aromatic rings. The molecule has 90 valence electrons. The third-order valence-corrected chi connectivity index (χ3v) is 4.08. The van der Waals surface area contributed by atoms with Gasteiger partial charge in [-0.2, -0.15) is 11.3 Å². The lowest BCUT2D eigenvalue weighted by Gasteiger charge is -2.15. The molecule has 1 saturated carbocycles. The minimum absolute atomic E-state index is 0.561. The summed E-state index contributed by atoms with van der Waals surface area (Å²) in [5.74, 6) is 0. The quantitative estimate of drug-likeness (QED) is 0.704. The Bertz CT molecular complexity index is 293. The molecule has 1 aromatic heterocycles. The maximum Gasteiger partial charge on any atom is 0.0471 e. The van der Waals surface area contributed by atoms with Crippen LogP contribution in [0.2, 0.25) is 0 Å². The van der Waals surface area contributed by atoms with Gasteiger partial charge < -0.3 is 10.1 Å². The van der Waals surface area contributed by atoms with Gasteiger partial charge in [0.2, 0.25) is 0 Å². The summed E-state index contributed by atoms with van der Waals surface area (Å²) < 4.78 is 5.44. The molecule has 2 rings (SSSR count). The smallest absolute Gasteiger partial charge is 0.0471 e. The molecule has 2 nitrogen and oxygen atoms in total. The Morgan fingerprint density at radius 3 is 3.00 bits per heavy atom. The largest absolute Gasteiger partial charge is 0.382 e. The van der Waals surface area contributed by atoms with Crippen LogP contribution in [-0.4, -0.2) is 19.8 Å². The zero-order chi connectivity index (χ0) is 11.3. The van der Waals surface area contributed by atoms with E-state index >= 15 is 0 Å². The molecule has 3 heteroatoms. The second kappa shape index (κ2) is 5.80. The molecule has 1 N–H and O–H groups in total. The average molecular weight is 239 g/mol. The van der Waals surface area contributed by atoms with Gasteiger partial charge in [0.1, 0.15) is 0 Å². The van der Waals surface area contributed by atoms with Crippen molar-refractivity contribution in [3.05, 3.63) is 22.4 Å². The van der Waals surface area contributed by atoms with Gasteiger partial charge in [-0.3, -0.25) is 0 Å². The molecule has 0 radical (unpaired) electrons. The fraction of sp³-hybridized carbons (Fsp3) is 0.692. The average Bonchev–Trinajstić information content (AvgIpc) is 2.86. The van der Waals surface area contributed by atoms with Crippen molar-refractivity contribution < 1.29 is 4.74 Å². The monoisotopic (exact) mass is 239 g/mol. The minimum Gasteiger partial charge on any atom is -0.382 e. The predicted octanol–water partition coefficient (Wildman–Crippen LogP) is 3.04. The Hall–Kier alpha value is -0.380. The number of ether oxygens (including phenoxy) is 1. The number of hydrogen-bond acceptors (Lipinski definition) is 3. The molecule has 1 aliphatic carbocycles. The van der Waals surface area contributed by atoms with Gasteiger partial charge in [-0.25, -0.2) is 0 Å². The van der Waals surface area contributed by atoms with Gasteiger partial charge in [0.15, 0.2) is 0 Å². The highest BCUT2D eigenvalue weighted by atomic mass is 32.1. The van der Waals surface area contributed by atoms with Gasteiger partial charge in [-0.1, -0.05) is 0 Å². The third-order valence-electron chi connectivity index (χ3n) is 3.35. The Balaban J connectivity index is 1.62. The highest BCUT2D eigenvalue weighted by Gasteiger charge is 2.41. The summed E-state index contributed by atoms with van der Waals surface area (Å²) in [7, 11) is 0. The van der Waals surface area contributed by atoms with E-state index in [4.69, 9.17) is 4.74 Å². The normalized spacial score (nSPS) is 17.6. The first-order valence-corrected chi connectivity index (χ1v) is 7.08. The Labute approximate surface area is 102 Å². The molecule has 16 heavy (non-hydrogen) atoms. The first-order valence-electron chi connectivity index (χ1n) is 6.14. The Morgan fingerprint density at radius 1 is 1.50 bits per heavy atom. The molecule has 1 aliphatic rings. The van der Waals surface area contributed by atoms with Gasteiger partial charge in [0.25, 0.3) is 0 Å². The van der Waals surface area contributed by atoms with Gasteiger partial charge >= 0.3 is 0 Å². The second-order valence-electron chi connectivity index (χ2n) is 4.68. The first-order chi connectivity index (χ1) is 7.85. The van der Waals surface area contributed by atoms with Crippen molar-refractivity contribution in [2.45, 2.75) is 32.7 Å². The number of hydrogen-bond donors (Lipinski definition) is 1. The van der Waals surface area contributed by atoms with Crippen molar-refractivity contribution in [2.75, 3.05) is 19.8 Å². The van der Waals surface area contributed by atoms with Crippen LogP contribution in [0.25, 0.3) is 0 Å². The summed E-state index contributed by atoms with van der Waals surface area (Å²) >= 11 is 1.77. The fourth-order valence-corrected chi connectivity index (χ4v) is 2.66. The van der Waals surface area contributed by atoms with E-state index in [1.54, 1.807) is 11.3 Å². The zero-order valence-corrected chi connectivity index (χ0v) is 10.8. The summed E-state index contributed by atoms with van der Waals surface area (Å²) in [6.07, 6.45) is 3.96. The lowest BCUT2D eigenvalue weighted by molar-refractivity contribution is 0.128. The Kier molecular flexibility index (Phi) is 4.38. The molecule has 1 heterocycles. The summed E-state index contributed by atoms with van der Waals surface area (Å²) in [5.41, 5.74) is 1.97. The van der Waals surface area contributed by atoms with Gasteiger partial charge in [0, 0.05) is 26.3 Å². The molecule has 0 amide bonds. The van der Waals surface area contributed by atoms with Crippen LogP contribution in [0.4, 0.5) is 0 Å².